The molecule has 0 spiro atoms. The van der Waals surface area contributed by atoms with Crippen LogP contribution in [0.1, 0.15) is 5.56 Å². The third kappa shape index (κ3) is 1.90. The first-order valence-corrected chi connectivity index (χ1v) is 6.56. The topological polar surface area (TPSA) is 43.8 Å². The fourth-order valence-electron chi connectivity index (χ4n) is 2.22. The van der Waals surface area contributed by atoms with Crippen LogP contribution in [0.15, 0.2) is 40.9 Å². The van der Waals surface area contributed by atoms with E-state index in [0.29, 0.717) is 10.4 Å². The van der Waals surface area contributed by atoms with Crippen molar-refractivity contribution in [2.45, 2.75) is 6.92 Å². The number of benzene rings is 2. The Morgan fingerprint density at radius 3 is 2.79 bits per heavy atom. The lowest BCUT2D eigenvalue weighted by atomic mass is 10.2. The fraction of sp³-hybridized carbons (Fsp3) is 0.0714. The predicted molar refractivity (Wildman–Crippen MR) is 77.9 cm³/mol. The molecule has 3 rings (SSSR count). The molecule has 0 saturated heterocycles. The third-order valence-corrected chi connectivity index (χ3v) is 3.69. The Bertz CT molecular complexity index is 780. The van der Waals surface area contributed by atoms with E-state index in [4.69, 9.17) is 5.73 Å². The van der Waals surface area contributed by atoms with Gasteiger partial charge >= 0.3 is 0 Å². The van der Waals surface area contributed by atoms with Gasteiger partial charge in [-0.25, -0.2) is 9.37 Å². The van der Waals surface area contributed by atoms with Crippen molar-refractivity contribution in [1.29, 1.82) is 0 Å². The molecule has 0 atom stereocenters. The number of rotatable bonds is 1. The summed E-state index contributed by atoms with van der Waals surface area (Å²) in [6.45, 7) is 2.00. The van der Waals surface area contributed by atoms with Gasteiger partial charge < -0.3 is 5.73 Å². The number of nitrogen functional groups attached to an aromatic ring is 1. The lowest BCUT2D eigenvalue weighted by Crippen LogP contribution is -2.02. The second kappa shape index (κ2) is 4.35. The molecule has 5 heteroatoms. The first-order chi connectivity index (χ1) is 9.08. The second-order valence-electron chi connectivity index (χ2n) is 4.34. The summed E-state index contributed by atoms with van der Waals surface area (Å²) in [6.07, 6.45) is 0. The number of hydrogen-bond donors (Lipinski definition) is 1. The SMILES string of the molecule is Cc1cccc2nc(N)n(-c3ccc(F)cc3Br)c12. The number of imidazole rings is 1. The molecule has 0 saturated carbocycles. The highest BCUT2D eigenvalue weighted by Gasteiger charge is 2.14. The summed E-state index contributed by atoms with van der Waals surface area (Å²) < 4.78 is 15.7. The van der Waals surface area contributed by atoms with Gasteiger partial charge in [0.25, 0.3) is 0 Å². The number of para-hydroxylation sites is 1. The molecule has 1 heterocycles. The highest BCUT2D eigenvalue weighted by Crippen LogP contribution is 2.30. The zero-order valence-electron chi connectivity index (χ0n) is 10.2. The average Bonchev–Trinajstić information content (AvgIpc) is 2.67. The minimum absolute atomic E-state index is 0.296. The molecule has 2 N–H and O–H groups in total. The second-order valence-corrected chi connectivity index (χ2v) is 5.20. The molecule has 0 aliphatic carbocycles. The lowest BCUT2D eigenvalue weighted by Gasteiger charge is -2.10. The average molecular weight is 320 g/mol. The van der Waals surface area contributed by atoms with Gasteiger partial charge in [0.1, 0.15) is 5.82 Å². The third-order valence-electron chi connectivity index (χ3n) is 3.05. The van der Waals surface area contributed by atoms with Crippen LogP contribution in [0.25, 0.3) is 16.7 Å². The van der Waals surface area contributed by atoms with Gasteiger partial charge in [-0.05, 0) is 52.7 Å². The largest absolute Gasteiger partial charge is 0.369 e. The van der Waals surface area contributed by atoms with Crippen LogP contribution in [-0.4, -0.2) is 9.55 Å². The van der Waals surface area contributed by atoms with E-state index < -0.39 is 0 Å². The van der Waals surface area contributed by atoms with Gasteiger partial charge in [0, 0.05) is 4.47 Å². The van der Waals surface area contributed by atoms with Crippen molar-refractivity contribution in [2.24, 2.45) is 0 Å². The van der Waals surface area contributed by atoms with Crippen LogP contribution in [0.2, 0.25) is 0 Å². The van der Waals surface area contributed by atoms with Gasteiger partial charge in [-0.3, -0.25) is 4.57 Å². The van der Waals surface area contributed by atoms with Gasteiger partial charge in [0.05, 0.1) is 16.7 Å². The molecule has 2 aromatic carbocycles. The number of nitrogens with zero attached hydrogens (tertiary/aromatic N) is 2. The lowest BCUT2D eigenvalue weighted by molar-refractivity contribution is 0.626. The summed E-state index contributed by atoms with van der Waals surface area (Å²) >= 11 is 3.37. The van der Waals surface area contributed by atoms with Crippen LogP contribution < -0.4 is 5.73 Å². The van der Waals surface area contributed by atoms with Crippen molar-refractivity contribution in [2.75, 3.05) is 5.73 Å². The summed E-state index contributed by atoms with van der Waals surface area (Å²) in [5, 5.41) is 0. The smallest absolute Gasteiger partial charge is 0.205 e. The zero-order valence-corrected chi connectivity index (χ0v) is 11.8. The Balaban J connectivity index is 2.39. The maximum absolute atomic E-state index is 13.2. The van der Waals surface area contributed by atoms with Crippen LogP contribution in [0, 0.1) is 12.7 Å². The molecule has 1 aromatic heterocycles. The minimum Gasteiger partial charge on any atom is -0.369 e. The molecule has 0 unspecified atom stereocenters. The van der Waals surface area contributed by atoms with E-state index in [2.05, 4.69) is 20.9 Å². The summed E-state index contributed by atoms with van der Waals surface area (Å²) in [4.78, 5) is 4.34. The van der Waals surface area contributed by atoms with Gasteiger partial charge in [0.2, 0.25) is 5.95 Å². The molecule has 3 nitrogen and oxygen atoms in total. The number of aromatic nitrogens is 2. The predicted octanol–water partition coefficient (Wildman–Crippen LogP) is 3.82. The Kier molecular flexibility index (Phi) is 2.78. The van der Waals surface area contributed by atoms with Crippen molar-refractivity contribution in [1.82, 2.24) is 9.55 Å². The first kappa shape index (κ1) is 12.2. The molecule has 19 heavy (non-hydrogen) atoms. The molecule has 3 aromatic rings. The maximum Gasteiger partial charge on any atom is 0.205 e. The van der Waals surface area contributed by atoms with Gasteiger partial charge in [-0.2, -0.15) is 0 Å². The summed E-state index contributed by atoms with van der Waals surface area (Å²) in [5.41, 5.74) is 9.60. The Labute approximate surface area is 118 Å². The Morgan fingerprint density at radius 2 is 2.05 bits per heavy atom. The monoisotopic (exact) mass is 319 g/mol. The summed E-state index contributed by atoms with van der Waals surface area (Å²) in [7, 11) is 0. The van der Waals surface area contributed by atoms with Crippen LogP contribution in [0.3, 0.4) is 0 Å². The normalized spacial score (nSPS) is 11.1. The van der Waals surface area contributed by atoms with Gasteiger partial charge in [-0.1, -0.05) is 12.1 Å². The highest BCUT2D eigenvalue weighted by molar-refractivity contribution is 9.10. The van der Waals surface area contributed by atoms with E-state index in [1.807, 2.05) is 29.7 Å². The van der Waals surface area contributed by atoms with Gasteiger partial charge in [-0.15, -0.1) is 0 Å². The van der Waals surface area contributed by atoms with E-state index in [1.54, 1.807) is 6.07 Å². The highest BCUT2D eigenvalue weighted by atomic mass is 79.9. The van der Waals surface area contributed by atoms with Crippen LogP contribution in [0.5, 0.6) is 0 Å². The molecule has 0 bridgehead atoms. The number of halogens is 2. The van der Waals surface area contributed by atoms with Crippen LogP contribution in [-0.2, 0) is 0 Å². The minimum atomic E-state index is -0.296. The summed E-state index contributed by atoms with van der Waals surface area (Å²) in [5.74, 6) is 0.0898. The molecular formula is C14H11BrFN3. The van der Waals surface area contributed by atoms with Crippen LogP contribution >= 0.6 is 15.9 Å². The van der Waals surface area contributed by atoms with Crippen molar-refractivity contribution < 1.29 is 4.39 Å². The number of aryl methyl sites for hydroxylation is 1. The molecule has 0 aliphatic heterocycles. The Hall–Kier alpha value is -1.88. The standard InChI is InChI=1S/C14H11BrFN3/c1-8-3-2-4-11-13(8)19(14(17)18-11)12-6-5-9(16)7-10(12)15/h2-7H,1H3,(H2,17,18). The van der Waals surface area contributed by atoms with Gasteiger partial charge in [0.15, 0.2) is 0 Å². The fourth-order valence-corrected chi connectivity index (χ4v) is 2.75. The molecular weight excluding hydrogens is 309 g/mol. The zero-order chi connectivity index (χ0) is 13.6. The Morgan fingerprint density at radius 1 is 1.26 bits per heavy atom. The van der Waals surface area contributed by atoms with Crippen LogP contribution in [0.4, 0.5) is 10.3 Å². The van der Waals surface area contributed by atoms with Crippen molar-refractivity contribution in [3.8, 4) is 5.69 Å². The number of fused-ring (bicyclic) bond motifs is 1. The van der Waals surface area contributed by atoms with Crippen molar-refractivity contribution in [3.63, 3.8) is 0 Å². The molecule has 0 amide bonds. The van der Waals surface area contributed by atoms with Crippen molar-refractivity contribution >= 4 is 32.9 Å². The molecule has 0 aliphatic rings. The molecule has 0 fully saturated rings. The van der Waals surface area contributed by atoms with E-state index in [-0.39, 0.29) is 5.82 Å². The number of anilines is 1. The van der Waals surface area contributed by atoms with E-state index >= 15 is 0 Å². The van der Waals surface area contributed by atoms with E-state index in [1.165, 1.54) is 12.1 Å². The molecule has 0 radical (unpaired) electrons. The van der Waals surface area contributed by atoms with E-state index in [9.17, 15) is 4.39 Å². The number of nitrogens with two attached hydrogens (primary N) is 1. The van der Waals surface area contributed by atoms with E-state index in [0.717, 1.165) is 22.3 Å². The summed E-state index contributed by atoms with van der Waals surface area (Å²) in [6, 6.07) is 10.4. The molecule has 96 valence electrons. The first-order valence-electron chi connectivity index (χ1n) is 5.77. The maximum atomic E-state index is 13.2. The quantitative estimate of drug-likeness (QED) is 0.741. The number of hydrogen-bond acceptors (Lipinski definition) is 2. The van der Waals surface area contributed by atoms with Crippen molar-refractivity contribution in [3.05, 3.63) is 52.3 Å².